The first-order valence-electron chi connectivity index (χ1n) is 47.4. The van der Waals surface area contributed by atoms with Gasteiger partial charge < -0.3 is 0 Å². The van der Waals surface area contributed by atoms with Crippen molar-refractivity contribution in [3.05, 3.63) is 0 Å². The lowest BCUT2D eigenvalue weighted by Gasteiger charge is -2.38. The summed E-state index contributed by atoms with van der Waals surface area (Å²) in [5.74, 6) is 0. The second kappa shape index (κ2) is 81.3. The van der Waals surface area contributed by atoms with Gasteiger partial charge >= 0.3 is 0 Å². The van der Waals surface area contributed by atoms with Crippen molar-refractivity contribution in [1.29, 1.82) is 0 Å². The third kappa shape index (κ3) is 73.6. The molecule has 0 aliphatic heterocycles. The first-order chi connectivity index (χ1) is 47.4. The smallest absolute Gasteiger partial charge is 0.0297 e. The van der Waals surface area contributed by atoms with Crippen molar-refractivity contribution >= 4 is 0 Å². The SMILES string of the molecule is C1CCCCC1.C1CCCCCCC1.C1CCCCCCCCCCCC2(CCCCCCCCCCC1)CCCCC2.C1CCCCCCCCCCCCC1.C1CCCCCCCCCCCCCCCCC1.C1CCCCCCCCCCCCCCCCCCC1. The molecule has 0 saturated heterocycles. The largest absolute Gasteiger partial charge is 0.0533 e. The minimum atomic E-state index is 0.770. The van der Waals surface area contributed by atoms with E-state index in [0.29, 0.717) is 0 Å². The quantitative estimate of drug-likeness (QED) is 0.227. The number of rotatable bonds is 0. The van der Waals surface area contributed by atoms with Crippen molar-refractivity contribution in [2.24, 2.45) is 5.41 Å². The van der Waals surface area contributed by atoms with E-state index in [1.54, 1.807) is 25.7 Å². The summed E-state index contributed by atoms with van der Waals surface area (Å²) in [5, 5.41) is 0. The Hall–Kier alpha value is 0. The fourth-order valence-corrected chi connectivity index (χ4v) is 18.0. The maximum atomic E-state index is 1.56. The van der Waals surface area contributed by atoms with Gasteiger partial charge in [0.15, 0.2) is 0 Å². The lowest BCUT2D eigenvalue weighted by Crippen LogP contribution is -2.24. The van der Waals surface area contributed by atoms with Gasteiger partial charge in [-0.1, -0.05) is 578 Å². The standard InChI is InChI=1S/C29H56.C20H40.C18H36.C14H28.C8H16.C6H12/c1-2-4-6-8-10-12-14-16-18-21-25-29(27-23-20-24-28-29)26-22-19-17-15-13-11-9-7-5-3-1;1-2-4-6-8-10-12-14-16-18-20-19-17-15-13-11-9-7-5-3-1;1-2-4-6-8-10-12-14-16-18-17-15-13-11-9-7-5-3-1;1-2-4-6-8-10-12-14-13-11-9-7-5-3-1;1-2-4-6-8-7-5-3-1;1-2-4-6-5-3-1/h1-28H2;1-20H2;1-18H2;1-14H2;1-8H2;1-6H2. The van der Waals surface area contributed by atoms with Gasteiger partial charge in [-0.15, -0.1) is 0 Å². The van der Waals surface area contributed by atoms with Crippen LogP contribution in [0.5, 0.6) is 0 Å². The highest BCUT2D eigenvalue weighted by Gasteiger charge is 2.30. The van der Waals surface area contributed by atoms with E-state index in [-0.39, 0.29) is 0 Å². The maximum absolute atomic E-state index is 1.56. The summed E-state index contributed by atoms with van der Waals surface area (Å²) in [6.07, 6.45) is 141. The van der Waals surface area contributed by atoms with Crippen LogP contribution in [0.4, 0.5) is 0 Å². The van der Waals surface area contributed by atoms with Gasteiger partial charge in [-0.05, 0) is 31.1 Å². The molecule has 7 fully saturated rings. The van der Waals surface area contributed by atoms with Crippen molar-refractivity contribution in [3.63, 3.8) is 0 Å². The Morgan fingerprint density at radius 1 is 0.0526 bits per heavy atom. The Morgan fingerprint density at radius 2 is 0.0947 bits per heavy atom. The van der Waals surface area contributed by atoms with Gasteiger partial charge in [-0.3, -0.25) is 0 Å². The molecule has 568 valence electrons. The van der Waals surface area contributed by atoms with Gasteiger partial charge in [0, 0.05) is 0 Å². The van der Waals surface area contributed by atoms with E-state index in [9.17, 15) is 0 Å². The van der Waals surface area contributed by atoms with E-state index in [1.807, 2.05) is 0 Å². The molecule has 0 heterocycles. The molecule has 0 N–H and O–H groups in total. The Bertz CT molecular complexity index is 1040. The zero-order valence-electron chi connectivity index (χ0n) is 67.0. The van der Waals surface area contributed by atoms with Gasteiger partial charge in [0.2, 0.25) is 0 Å². The molecule has 0 aromatic rings. The van der Waals surface area contributed by atoms with Crippen LogP contribution in [-0.4, -0.2) is 0 Å². The summed E-state index contributed by atoms with van der Waals surface area (Å²) in [7, 11) is 0. The van der Waals surface area contributed by atoms with Crippen LogP contribution in [0.3, 0.4) is 0 Å². The van der Waals surface area contributed by atoms with E-state index in [1.165, 1.54) is 578 Å². The first kappa shape index (κ1) is 91.1. The molecule has 0 heteroatoms. The predicted molar refractivity (Wildman–Crippen MR) is 436 cm³/mol. The van der Waals surface area contributed by atoms with Crippen molar-refractivity contribution in [3.8, 4) is 0 Å². The van der Waals surface area contributed by atoms with Crippen LogP contribution < -0.4 is 0 Å². The molecule has 95 heavy (non-hydrogen) atoms. The van der Waals surface area contributed by atoms with Gasteiger partial charge in [0.25, 0.3) is 0 Å². The summed E-state index contributed by atoms with van der Waals surface area (Å²) in [6, 6.07) is 0. The van der Waals surface area contributed by atoms with Crippen LogP contribution in [0.1, 0.15) is 604 Å². The molecule has 0 amide bonds. The summed E-state index contributed by atoms with van der Waals surface area (Å²) in [4.78, 5) is 0. The van der Waals surface area contributed by atoms with Crippen LogP contribution in [0.15, 0.2) is 0 Å². The summed E-state index contributed by atoms with van der Waals surface area (Å²) in [5.41, 5.74) is 0.770. The van der Waals surface area contributed by atoms with Crippen molar-refractivity contribution in [2.45, 2.75) is 604 Å². The minimum absolute atomic E-state index is 0.770. The van der Waals surface area contributed by atoms with E-state index in [2.05, 4.69) is 0 Å². The highest BCUT2D eigenvalue weighted by Crippen LogP contribution is 2.45. The summed E-state index contributed by atoms with van der Waals surface area (Å²) >= 11 is 0. The molecular weight excluding hydrogens is 1140 g/mol. The van der Waals surface area contributed by atoms with Crippen LogP contribution in [0.25, 0.3) is 0 Å². The topological polar surface area (TPSA) is 0 Å². The molecule has 7 aliphatic carbocycles. The van der Waals surface area contributed by atoms with Gasteiger partial charge in [-0.25, -0.2) is 0 Å². The molecule has 0 aromatic carbocycles. The van der Waals surface area contributed by atoms with Crippen molar-refractivity contribution in [1.82, 2.24) is 0 Å². The fraction of sp³-hybridized carbons (Fsp3) is 1.00. The van der Waals surface area contributed by atoms with E-state index < -0.39 is 0 Å². The molecule has 0 aromatic heterocycles. The lowest BCUT2D eigenvalue weighted by molar-refractivity contribution is 0.146. The maximum Gasteiger partial charge on any atom is -0.0297 e. The second-order valence-corrected chi connectivity index (χ2v) is 34.3. The molecule has 0 radical (unpaired) electrons. The molecular formula is C95H188. The second-order valence-electron chi connectivity index (χ2n) is 34.3. The Balaban J connectivity index is 0.000000412. The molecule has 1 spiro atoms. The molecule has 7 aliphatic rings. The van der Waals surface area contributed by atoms with Crippen molar-refractivity contribution < 1.29 is 0 Å². The third-order valence-corrected chi connectivity index (χ3v) is 24.8. The van der Waals surface area contributed by atoms with E-state index >= 15 is 0 Å². The zero-order valence-corrected chi connectivity index (χ0v) is 67.0. The highest BCUT2D eigenvalue weighted by atomic mass is 14.4. The molecule has 0 atom stereocenters. The third-order valence-electron chi connectivity index (χ3n) is 24.8. The highest BCUT2D eigenvalue weighted by molar-refractivity contribution is 4.83. The van der Waals surface area contributed by atoms with Crippen LogP contribution >= 0.6 is 0 Å². The zero-order chi connectivity index (χ0) is 67.0. The van der Waals surface area contributed by atoms with Crippen LogP contribution in [0, 0.1) is 5.41 Å². The Labute approximate surface area is 605 Å². The van der Waals surface area contributed by atoms with Crippen molar-refractivity contribution in [2.75, 3.05) is 0 Å². The predicted octanol–water partition coefficient (Wildman–Crippen LogP) is 36.7. The molecule has 0 nitrogen and oxygen atoms in total. The van der Waals surface area contributed by atoms with Gasteiger partial charge in [0.05, 0.1) is 0 Å². The molecule has 0 bridgehead atoms. The fourth-order valence-electron chi connectivity index (χ4n) is 18.0. The van der Waals surface area contributed by atoms with Crippen LogP contribution in [-0.2, 0) is 0 Å². The lowest BCUT2D eigenvalue weighted by atomic mass is 9.68. The number of hydrogen-bond donors (Lipinski definition) is 0. The molecule has 7 rings (SSSR count). The minimum Gasteiger partial charge on any atom is -0.0533 e. The average molecular weight is 1330 g/mol. The van der Waals surface area contributed by atoms with E-state index in [4.69, 9.17) is 0 Å². The Kier molecular flexibility index (Phi) is 77.9. The normalized spacial score (nSPS) is 24.8. The van der Waals surface area contributed by atoms with Gasteiger partial charge in [-0.2, -0.15) is 0 Å². The first-order valence-corrected chi connectivity index (χ1v) is 47.4. The summed E-state index contributed by atoms with van der Waals surface area (Å²) in [6.45, 7) is 0. The Morgan fingerprint density at radius 3 is 0.158 bits per heavy atom. The molecule has 7 saturated carbocycles. The monoisotopic (exact) mass is 1330 g/mol. The summed E-state index contributed by atoms with van der Waals surface area (Å²) < 4.78 is 0. The molecule has 0 unspecified atom stereocenters. The number of hydrogen-bond acceptors (Lipinski definition) is 0. The average Bonchev–Trinajstić information content (AvgIpc) is 1.11. The van der Waals surface area contributed by atoms with Crippen LogP contribution in [0.2, 0.25) is 0 Å². The van der Waals surface area contributed by atoms with E-state index in [0.717, 1.165) is 5.41 Å². The van der Waals surface area contributed by atoms with Gasteiger partial charge in [0.1, 0.15) is 0 Å².